The van der Waals surface area contributed by atoms with Crippen molar-refractivity contribution in [3.05, 3.63) is 12.2 Å². The third-order valence-electron chi connectivity index (χ3n) is 5.26. The van der Waals surface area contributed by atoms with Crippen LogP contribution in [0, 0.1) is 23.7 Å². The number of rotatable bonds is 9. The van der Waals surface area contributed by atoms with Crippen LogP contribution >= 0.6 is 0 Å². The lowest BCUT2D eigenvalue weighted by Crippen LogP contribution is -2.19. The molecular formula is C20H30O5. The van der Waals surface area contributed by atoms with E-state index in [1.165, 1.54) is 0 Å². The maximum atomic E-state index is 10.5. The maximum Gasteiger partial charge on any atom is 0.303 e. The highest BCUT2D eigenvalue weighted by atomic mass is 16.5. The van der Waals surface area contributed by atoms with E-state index < -0.39 is 18.2 Å². The Hall–Kier alpha value is -1.35. The summed E-state index contributed by atoms with van der Waals surface area (Å²) in [5, 5.41) is 28.9. The fraction of sp³-hybridized carbons (Fsp3) is 0.750. The lowest BCUT2D eigenvalue weighted by molar-refractivity contribution is -0.137. The van der Waals surface area contributed by atoms with Gasteiger partial charge in [-0.15, -0.1) is 11.8 Å². The van der Waals surface area contributed by atoms with Crippen molar-refractivity contribution in [2.75, 3.05) is 0 Å². The van der Waals surface area contributed by atoms with Crippen LogP contribution < -0.4 is 0 Å². The molecule has 1 aliphatic carbocycles. The molecule has 2 aliphatic rings. The number of carboxylic acids is 1. The summed E-state index contributed by atoms with van der Waals surface area (Å²) in [4.78, 5) is 10.5. The Kier molecular flexibility index (Phi) is 7.95. The van der Waals surface area contributed by atoms with Crippen LogP contribution in [0.5, 0.6) is 0 Å². The van der Waals surface area contributed by atoms with Crippen LogP contribution in [0.1, 0.15) is 58.3 Å². The Balaban J connectivity index is 1.78. The molecule has 1 heterocycles. The van der Waals surface area contributed by atoms with E-state index in [4.69, 9.17) is 9.84 Å². The molecule has 1 aliphatic heterocycles. The summed E-state index contributed by atoms with van der Waals surface area (Å²) in [6.45, 7) is 1.79. The molecular weight excluding hydrogens is 320 g/mol. The predicted octanol–water partition coefficient (Wildman–Crippen LogP) is 2.51. The van der Waals surface area contributed by atoms with E-state index in [2.05, 4.69) is 11.8 Å². The zero-order chi connectivity index (χ0) is 18.2. The van der Waals surface area contributed by atoms with E-state index in [-0.39, 0.29) is 24.5 Å². The molecule has 6 atom stereocenters. The third kappa shape index (κ3) is 6.14. The minimum atomic E-state index is -0.749. The minimum Gasteiger partial charge on any atom is -0.481 e. The molecule has 0 amide bonds. The van der Waals surface area contributed by atoms with Crippen LogP contribution in [0.4, 0.5) is 0 Å². The van der Waals surface area contributed by atoms with Gasteiger partial charge >= 0.3 is 5.97 Å². The number of carbonyl (C=O) groups is 1. The number of hydrogen-bond acceptors (Lipinski definition) is 4. The number of carboxylic acid groups (broad SMARTS) is 1. The SMILES string of the molecule is CC#CCC[C@H](O)C=C[C@@H]1[C@H]2C[C@H](CCCCC(=O)O)O[C@H]2C[C@H]1O. The van der Waals surface area contributed by atoms with Crippen molar-refractivity contribution in [2.45, 2.75) is 82.7 Å². The second-order valence-electron chi connectivity index (χ2n) is 7.13. The smallest absolute Gasteiger partial charge is 0.303 e. The van der Waals surface area contributed by atoms with E-state index in [0.717, 1.165) is 19.3 Å². The second-order valence-corrected chi connectivity index (χ2v) is 7.13. The lowest BCUT2D eigenvalue weighted by Gasteiger charge is -2.18. The Morgan fingerprint density at radius 2 is 2.16 bits per heavy atom. The number of unbranched alkanes of at least 4 members (excludes halogenated alkanes) is 1. The molecule has 0 aromatic carbocycles. The van der Waals surface area contributed by atoms with E-state index in [0.29, 0.717) is 31.6 Å². The van der Waals surface area contributed by atoms with Crippen LogP contribution in [0.3, 0.4) is 0 Å². The number of aliphatic carboxylic acids is 1. The first-order valence-electron chi connectivity index (χ1n) is 9.32. The van der Waals surface area contributed by atoms with Crippen LogP contribution in [0.15, 0.2) is 12.2 Å². The minimum absolute atomic E-state index is 0.0286. The highest BCUT2D eigenvalue weighted by molar-refractivity contribution is 5.66. The monoisotopic (exact) mass is 350 g/mol. The number of hydrogen-bond donors (Lipinski definition) is 3. The molecule has 0 spiro atoms. The Morgan fingerprint density at radius 1 is 1.36 bits per heavy atom. The normalized spacial score (nSPS) is 32.4. The van der Waals surface area contributed by atoms with Crippen molar-refractivity contribution in [2.24, 2.45) is 11.8 Å². The van der Waals surface area contributed by atoms with E-state index in [1.54, 1.807) is 13.0 Å². The quantitative estimate of drug-likeness (QED) is 0.338. The molecule has 0 unspecified atom stereocenters. The van der Waals surface area contributed by atoms with E-state index >= 15 is 0 Å². The highest BCUT2D eigenvalue weighted by Gasteiger charge is 2.47. The zero-order valence-corrected chi connectivity index (χ0v) is 14.9. The largest absolute Gasteiger partial charge is 0.481 e. The Labute approximate surface area is 150 Å². The molecule has 0 aromatic heterocycles. The molecule has 1 saturated carbocycles. The van der Waals surface area contributed by atoms with Crippen molar-refractivity contribution >= 4 is 5.97 Å². The molecule has 2 rings (SSSR count). The fourth-order valence-electron chi connectivity index (χ4n) is 3.98. The molecule has 0 radical (unpaired) electrons. The Morgan fingerprint density at radius 3 is 2.88 bits per heavy atom. The summed E-state index contributed by atoms with van der Waals surface area (Å²) in [6, 6.07) is 0. The summed E-state index contributed by atoms with van der Waals surface area (Å²) in [5.41, 5.74) is 0. The number of aliphatic hydroxyl groups excluding tert-OH is 2. The number of ether oxygens (including phenoxy) is 1. The average molecular weight is 350 g/mol. The first-order valence-corrected chi connectivity index (χ1v) is 9.32. The van der Waals surface area contributed by atoms with Crippen molar-refractivity contribution < 1.29 is 24.9 Å². The van der Waals surface area contributed by atoms with Gasteiger partial charge in [-0.25, -0.2) is 0 Å². The molecule has 25 heavy (non-hydrogen) atoms. The van der Waals surface area contributed by atoms with Gasteiger partial charge in [0.15, 0.2) is 0 Å². The van der Waals surface area contributed by atoms with Gasteiger partial charge in [-0.3, -0.25) is 4.79 Å². The summed E-state index contributed by atoms with van der Waals surface area (Å²) >= 11 is 0. The molecule has 5 heteroatoms. The van der Waals surface area contributed by atoms with Crippen molar-refractivity contribution in [3.63, 3.8) is 0 Å². The first-order chi connectivity index (χ1) is 12.0. The Bertz CT molecular complexity index is 518. The van der Waals surface area contributed by atoms with Crippen molar-refractivity contribution in [1.29, 1.82) is 0 Å². The molecule has 1 saturated heterocycles. The van der Waals surface area contributed by atoms with Crippen molar-refractivity contribution in [1.82, 2.24) is 0 Å². The first kappa shape index (κ1) is 20.0. The van der Waals surface area contributed by atoms with Gasteiger partial charge in [0.25, 0.3) is 0 Å². The fourth-order valence-corrected chi connectivity index (χ4v) is 3.98. The van der Waals surface area contributed by atoms with Crippen LogP contribution in [-0.2, 0) is 9.53 Å². The molecule has 2 fully saturated rings. The van der Waals surface area contributed by atoms with E-state index in [9.17, 15) is 15.0 Å². The van der Waals surface area contributed by atoms with Gasteiger partial charge in [0.1, 0.15) is 0 Å². The van der Waals surface area contributed by atoms with Crippen molar-refractivity contribution in [3.8, 4) is 11.8 Å². The zero-order valence-electron chi connectivity index (χ0n) is 14.9. The third-order valence-corrected chi connectivity index (χ3v) is 5.26. The van der Waals surface area contributed by atoms with Crippen LogP contribution in [0.2, 0.25) is 0 Å². The predicted molar refractivity (Wildman–Crippen MR) is 94.8 cm³/mol. The average Bonchev–Trinajstić information content (AvgIpc) is 3.06. The van der Waals surface area contributed by atoms with Gasteiger partial charge in [-0.1, -0.05) is 18.6 Å². The molecule has 3 N–H and O–H groups in total. The summed E-state index contributed by atoms with van der Waals surface area (Å²) in [7, 11) is 0. The number of fused-ring (bicyclic) bond motifs is 1. The van der Waals surface area contributed by atoms with Crippen LogP contribution in [0.25, 0.3) is 0 Å². The lowest BCUT2D eigenvalue weighted by atomic mass is 9.89. The standard InChI is InChI=1S/C20H30O5/c1-2-3-4-7-14(21)10-11-16-17-12-15(8-5-6-9-20(23)24)25-19(17)13-18(16)22/h10-11,14-19,21-22H,4-9,12-13H2,1H3,(H,23,24)/t14-,15-,16+,17+,18+,19-/m0/s1. The van der Waals surface area contributed by atoms with Gasteiger partial charge in [0.05, 0.1) is 24.4 Å². The molecule has 0 aromatic rings. The molecule has 0 bridgehead atoms. The highest BCUT2D eigenvalue weighted by Crippen LogP contribution is 2.45. The second kappa shape index (κ2) is 9.96. The van der Waals surface area contributed by atoms with Gasteiger partial charge in [-0.05, 0) is 38.5 Å². The molecule has 5 nitrogen and oxygen atoms in total. The summed E-state index contributed by atoms with van der Waals surface area (Å²) in [6.07, 6.45) is 8.50. The summed E-state index contributed by atoms with van der Waals surface area (Å²) in [5.74, 6) is 5.32. The van der Waals surface area contributed by atoms with Gasteiger partial charge in [0.2, 0.25) is 0 Å². The van der Waals surface area contributed by atoms with Gasteiger partial charge in [-0.2, -0.15) is 0 Å². The van der Waals surface area contributed by atoms with E-state index in [1.807, 2.05) is 6.08 Å². The van der Waals surface area contributed by atoms with Crippen LogP contribution in [-0.4, -0.2) is 45.7 Å². The molecule has 140 valence electrons. The number of aliphatic hydroxyl groups is 2. The van der Waals surface area contributed by atoms with Gasteiger partial charge in [0, 0.05) is 25.2 Å². The topological polar surface area (TPSA) is 87.0 Å². The summed E-state index contributed by atoms with van der Waals surface area (Å²) < 4.78 is 6.06. The van der Waals surface area contributed by atoms with Gasteiger partial charge < -0.3 is 20.1 Å². The maximum absolute atomic E-state index is 10.5.